The zero-order valence-corrected chi connectivity index (χ0v) is 13.9. The van der Waals surface area contributed by atoms with E-state index in [9.17, 15) is 9.18 Å². The number of ether oxygens (including phenoxy) is 1. The molecule has 0 aliphatic heterocycles. The number of carbonyl (C=O) groups excluding carboxylic acids is 1. The number of carbonyl (C=O) groups is 1. The predicted molar refractivity (Wildman–Crippen MR) is 85.5 cm³/mol. The maximum Gasteiger partial charge on any atom is 0.202 e. The van der Waals surface area contributed by atoms with Crippen LogP contribution >= 0.6 is 11.6 Å². The molecule has 5 heteroatoms. The zero-order chi connectivity index (χ0) is 16.4. The van der Waals surface area contributed by atoms with Gasteiger partial charge in [-0.15, -0.1) is 0 Å². The standard InChI is InChI=1S/C17H19ClFNO2/c1-10(2)20-11(3)7-14(12(20)4)16(21)9-22-17-6-5-13(19)8-15(17)18/h5-8,10H,9H2,1-4H3. The Morgan fingerprint density at radius 2 is 2.00 bits per heavy atom. The van der Waals surface area contributed by atoms with Crippen molar-refractivity contribution in [3.63, 3.8) is 0 Å². The Morgan fingerprint density at radius 1 is 1.32 bits per heavy atom. The Balaban J connectivity index is 2.15. The van der Waals surface area contributed by atoms with Crippen molar-refractivity contribution in [1.29, 1.82) is 0 Å². The molecule has 1 heterocycles. The molecule has 1 aromatic heterocycles. The van der Waals surface area contributed by atoms with E-state index in [2.05, 4.69) is 18.4 Å². The fraction of sp³-hybridized carbons (Fsp3) is 0.353. The average Bonchev–Trinajstić information content (AvgIpc) is 2.72. The molecule has 0 aliphatic rings. The molecule has 0 fully saturated rings. The number of halogens is 2. The smallest absolute Gasteiger partial charge is 0.202 e. The van der Waals surface area contributed by atoms with E-state index < -0.39 is 5.82 Å². The summed E-state index contributed by atoms with van der Waals surface area (Å²) in [5.74, 6) is -0.265. The van der Waals surface area contributed by atoms with Crippen LogP contribution in [0.1, 0.15) is 41.6 Å². The van der Waals surface area contributed by atoms with E-state index in [1.54, 1.807) is 0 Å². The molecule has 118 valence electrons. The summed E-state index contributed by atoms with van der Waals surface area (Å²) < 4.78 is 20.5. The fourth-order valence-corrected chi connectivity index (χ4v) is 2.89. The Labute approximate surface area is 134 Å². The number of ketones is 1. The predicted octanol–water partition coefficient (Wildman–Crippen LogP) is 4.74. The maximum absolute atomic E-state index is 13.0. The van der Waals surface area contributed by atoms with Gasteiger partial charge in [-0.3, -0.25) is 4.79 Å². The second-order valence-corrected chi connectivity index (χ2v) is 5.94. The Hall–Kier alpha value is -1.81. The number of aromatic nitrogens is 1. The number of rotatable bonds is 5. The monoisotopic (exact) mass is 323 g/mol. The van der Waals surface area contributed by atoms with Crippen molar-refractivity contribution >= 4 is 17.4 Å². The SMILES string of the molecule is Cc1cc(C(=O)COc2ccc(F)cc2Cl)c(C)n1C(C)C. The lowest BCUT2D eigenvalue weighted by molar-refractivity contribution is 0.0921. The van der Waals surface area contributed by atoms with Crippen molar-refractivity contribution in [3.8, 4) is 5.75 Å². The molecule has 22 heavy (non-hydrogen) atoms. The van der Waals surface area contributed by atoms with Crippen molar-refractivity contribution in [3.05, 3.63) is 52.1 Å². The van der Waals surface area contributed by atoms with Crippen LogP contribution in [0.2, 0.25) is 5.02 Å². The van der Waals surface area contributed by atoms with Gasteiger partial charge in [0, 0.05) is 23.0 Å². The normalized spacial score (nSPS) is 11.0. The van der Waals surface area contributed by atoms with Gasteiger partial charge in [0.25, 0.3) is 0 Å². The molecule has 0 saturated carbocycles. The Morgan fingerprint density at radius 3 is 2.55 bits per heavy atom. The highest BCUT2D eigenvalue weighted by Gasteiger charge is 2.18. The molecule has 0 bridgehead atoms. The molecule has 0 saturated heterocycles. The van der Waals surface area contributed by atoms with Gasteiger partial charge in [-0.2, -0.15) is 0 Å². The summed E-state index contributed by atoms with van der Waals surface area (Å²) in [6.07, 6.45) is 0. The van der Waals surface area contributed by atoms with Gasteiger partial charge in [0.15, 0.2) is 6.61 Å². The van der Waals surface area contributed by atoms with E-state index in [1.165, 1.54) is 12.1 Å². The summed E-state index contributed by atoms with van der Waals surface area (Å²) in [6.45, 7) is 7.91. The highest BCUT2D eigenvalue weighted by molar-refractivity contribution is 6.32. The van der Waals surface area contributed by atoms with Crippen LogP contribution in [0.3, 0.4) is 0 Å². The first kappa shape index (κ1) is 16.6. The number of benzene rings is 1. The van der Waals surface area contributed by atoms with Crippen molar-refractivity contribution in [2.45, 2.75) is 33.7 Å². The van der Waals surface area contributed by atoms with Crippen molar-refractivity contribution in [2.75, 3.05) is 6.61 Å². The van der Waals surface area contributed by atoms with Gasteiger partial charge < -0.3 is 9.30 Å². The first-order valence-electron chi connectivity index (χ1n) is 7.10. The lowest BCUT2D eigenvalue weighted by Gasteiger charge is -2.13. The van der Waals surface area contributed by atoms with Crippen LogP contribution in [0.15, 0.2) is 24.3 Å². The van der Waals surface area contributed by atoms with Crippen LogP contribution < -0.4 is 4.74 Å². The largest absolute Gasteiger partial charge is 0.484 e. The lowest BCUT2D eigenvalue weighted by atomic mass is 10.1. The van der Waals surface area contributed by atoms with E-state index >= 15 is 0 Å². The minimum absolute atomic E-state index is 0.125. The molecule has 0 N–H and O–H groups in total. The maximum atomic E-state index is 13.0. The third-order valence-electron chi connectivity index (χ3n) is 3.55. The summed E-state index contributed by atoms with van der Waals surface area (Å²) in [4.78, 5) is 12.3. The van der Waals surface area contributed by atoms with Gasteiger partial charge in [0.1, 0.15) is 11.6 Å². The van der Waals surface area contributed by atoms with E-state index in [0.29, 0.717) is 11.3 Å². The molecular formula is C17H19ClFNO2. The lowest BCUT2D eigenvalue weighted by Crippen LogP contribution is -2.13. The van der Waals surface area contributed by atoms with Gasteiger partial charge in [-0.1, -0.05) is 11.6 Å². The topological polar surface area (TPSA) is 31.2 Å². The fourth-order valence-electron chi connectivity index (χ4n) is 2.67. The van der Waals surface area contributed by atoms with Gasteiger partial charge in [0.2, 0.25) is 5.78 Å². The Bertz CT molecular complexity index is 707. The van der Waals surface area contributed by atoms with Gasteiger partial charge in [-0.25, -0.2) is 4.39 Å². The molecule has 3 nitrogen and oxygen atoms in total. The van der Waals surface area contributed by atoms with Crippen molar-refractivity contribution in [1.82, 2.24) is 4.57 Å². The molecule has 2 rings (SSSR count). The summed E-state index contributed by atoms with van der Waals surface area (Å²) >= 11 is 5.88. The quantitative estimate of drug-likeness (QED) is 0.744. The average molecular weight is 324 g/mol. The van der Waals surface area contributed by atoms with Gasteiger partial charge in [-0.05, 0) is 52.0 Å². The van der Waals surface area contributed by atoms with Gasteiger partial charge >= 0.3 is 0 Å². The van der Waals surface area contributed by atoms with Crippen LogP contribution in [0, 0.1) is 19.7 Å². The van der Waals surface area contributed by atoms with E-state index in [0.717, 1.165) is 17.5 Å². The summed E-state index contributed by atoms with van der Waals surface area (Å²) in [6, 6.07) is 5.98. The molecular weight excluding hydrogens is 305 g/mol. The van der Waals surface area contributed by atoms with Crippen LogP contribution in [0.5, 0.6) is 5.75 Å². The molecule has 0 atom stereocenters. The molecule has 0 spiro atoms. The van der Waals surface area contributed by atoms with Crippen molar-refractivity contribution in [2.24, 2.45) is 0 Å². The van der Waals surface area contributed by atoms with Crippen LogP contribution in [0.25, 0.3) is 0 Å². The highest BCUT2D eigenvalue weighted by atomic mass is 35.5. The number of hydrogen-bond acceptors (Lipinski definition) is 2. The second kappa shape index (κ2) is 6.53. The van der Waals surface area contributed by atoms with Crippen LogP contribution in [-0.2, 0) is 0 Å². The number of aryl methyl sites for hydroxylation is 1. The molecule has 0 unspecified atom stereocenters. The van der Waals surface area contributed by atoms with Crippen LogP contribution in [0.4, 0.5) is 4.39 Å². The summed E-state index contributed by atoms with van der Waals surface area (Å²) in [5, 5.41) is 0.153. The third-order valence-corrected chi connectivity index (χ3v) is 3.85. The highest BCUT2D eigenvalue weighted by Crippen LogP contribution is 2.26. The summed E-state index contributed by atoms with van der Waals surface area (Å²) in [7, 11) is 0. The first-order chi connectivity index (χ1) is 10.3. The third kappa shape index (κ3) is 3.33. The molecule has 0 amide bonds. The molecule has 0 aliphatic carbocycles. The number of Topliss-reactive ketones (excluding diaryl/α,β-unsaturated/α-hetero) is 1. The minimum Gasteiger partial charge on any atom is -0.484 e. The summed E-state index contributed by atoms with van der Waals surface area (Å²) in [5.41, 5.74) is 2.60. The molecule has 0 radical (unpaired) electrons. The van der Waals surface area contributed by atoms with E-state index in [-0.39, 0.29) is 23.5 Å². The zero-order valence-electron chi connectivity index (χ0n) is 13.1. The van der Waals surface area contributed by atoms with Crippen molar-refractivity contribution < 1.29 is 13.9 Å². The van der Waals surface area contributed by atoms with Crippen LogP contribution in [-0.4, -0.2) is 17.0 Å². The molecule has 1 aromatic carbocycles. The minimum atomic E-state index is -0.441. The van der Waals surface area contributed by atoms with E-state index in [1.807, 2.05) is 19.9 Å². The van der Waals surface area contributed by atoms with E-state index in [4.69, 9.17) is 16.3 Å². The number of nitrogens with zero attached hydrogens (tertiary/aromatic N) is 1. The second-order valence-electron chi connectivity index (χ2n) is 5.54. The van der Waals surface area contributed by atoms with Gasteiger partial charge in [0.05, 0.1) is 5.02 Å². The first-order valence-corrected chi connectivity index (χ1v) is 7.48. The Kier molecular flexibility index (Phi) is 4.91. The number of hydrogen-bond donors (Lipinski definition) is 0. The molecule has 2 aromatic rings.